The first-order valence-electron chi connectivity index (χ1n) is 16.0. The highest BCUT2D eigenvalue weighted by Crippen LogP contribution is 2.48. The number of halogens is 6. The van der Waals surface area contributed by atoms with E-state index in [9.17, 15) is 32.0 Å². The number of hydrogen-bond acceptors (Lipinski definition) is 9. The van der Waals surface area contributed by atoms with Gasteiger partial charge in [-0.2, -0.15) is 28.4 Å². The van der Waals surface area contributed by atoms with Crippen LogP contribution in [-0.2, 0) is 11.0 Å². The molecule has 16 heteroatoms. The number of piperazine rings is 1. The minimum absolute atomic E-state index is 0.0240. The van der Waals surface area contributed by atoms with E-state index in [2.05, 4.69) is 16.5 Å². The maximum atomic E-state index is 17.0. The molecule has 3 saturated heterocycles. The van der Waals surface area contributed by atoms with Crippen molar-refractivity contribution in [3.63, 3.8) is 0 Å². The van der Waals surface area contributed by atoms with Crippen molar-refractivity contribution in [2.75, 3.05) is 50.0 Å². The number of thiophene rings is 1. The molecule has 0 spiro atoms. The Bertz CT molecular complexity index is 2100. The summed E-state index contributed by atoms with van der Waals surface area (Å²) in [6, 6.07) is 3.71. The third-order valence-corrected chi connectivity index (χ3v) is 11.0. The van der Waals surface area contributed by atoms with E-state index >= 15 is 4.39 Å². The minimum Gasteiger partial charge on any atom is -0.461 e. The van der Waals surface area contributed by atoms with Gasteiger partial charge < -0.3 is 20.3 Å². The zero-order chi connectivity index (χ0) is 35.7. The molecule has 1 amide bonds. The first-order chi connectivity index (χ1) is 23.8. The van der Waals surface area contributed by atoms with Crippen LogP contribution in [0.25, 0.3) is 32.1 Å². The zero-order valence-electron chi connectivity index (χ0n) is 26.8. The van der Waals surface area contributed by atoms with Gasteiger partial charge in [0.1, 0.15) is 41.0 Å². The van der Waals surface area contributed by atoms with Crippen molar-refractivity contribution in [3.8, 4) is 23.2 Å². The van der Waals surface area contributed by atoms with Crippen molar-refractivity contribution in [1.82, 2.24) is 19.8 Å². The molecule has 2 aromatic carbocycles. The number of carbonyl (C=O) groups excluding carboxylic acids is 1. The van der Waals surface area contributed by atoms with Gasteiger partial charge >= 0.3 is 12.2 Å². The molecule has 50 heavy (non-hydrogen) atoms. The molecule has 3 aliphatic heterocycles. The van der Waals surface area contributed by atoms with E-state index in [0.717, 1.165) is 24.6 Å². The second-order valence-corrected chi connectivity index (χ2v) is 14.0. The van der Waals surface area contributed by atoms with Crippen molar-refractivity contribution >= 4 is 49.1 Å². The lowest BCUT2D eigenvalue weighted by atomic mass is 9.92. The summed E-state index contributed by atoms with van der Waals surface area (Å²) in [4.78, 5) is 26.5. The van der Waals surface area contributed by atoms with Gasteiger partial charge in [-0.3, -0.25) is 9.69 Å². The standard InChI is InChI=1S/C34H31F6N7O2S/c1-3-24(48)47-10-9-45(14-17(47)2)31-20-11-22(34(38,39)40)26(19-5-6-23(36)29-25(19)21(13-41)30(42)50-29)27(37)28(20)43-32(44-31)49-16-33-7-4-8-46(33)15-18(35)12-33/h3,5-6,11,17-18H,1,4,7-10,12,14-16,42H2,2H3/t17-,18+,33-/m0/s1. The Hall–Kier alpha value is -4.62. The number of benzene rings is 2. The predicted molar refractivity (Wildman–Crippen MR) is 177 cm³/mol. The van der Waals surface area contributed by atoms with Crippen LogP contribution in [0.15, 0.2) is 30.9 Å². The summed E-state index contributed by atoms with van der Waals surface area (Å²) in [6.07, 6.45) is -3.29. The van der Waals surface area contributed by atoms with E-state index < -0.39 is 52.2 Å². The molecule has 0 bridgehead atoms. The number of alkyl halides is 4. The van der Waals surface area contributed by atoms with E-state index in [-0.39, 0.29) is 88.5 Å². The lowest BCUT2D eigenvalue weighted by Gasteiger charge is -2.40. The van der Waals surface area contributed by atoms with Crippen molar-refractivity contribution in [2.45, 2.75) is 50.1 Å². The number of nitrogen functional groups attached to an aromatic ring is 1. The lowest BCUT2D eigenvalue weighted by molar-refractivity contribution is -0.137. The maximum absolute atomic E-state index is 17.0. The Labute approximate surface area is 286 Å². The average Bonchev–Trinajstić information content (AvgIpc) is 3.72. The Morgan fingerprint density at radius 1 is 1.24 bits per heavy atom. The molecular formula is C34H31F6N7O2S. The van der Waals surface area contributed by atoms with Gasteiger partial charge in [-0.1, -0.05) is 12.6 Å². The molecule has 3 atom stereocenters. The van der Waals surface area contributed by atoms with Crippen LogP contribution in [0.4, 0.5) is 37.2 Å². The summed E-state index contributed by atoms with van der Waals surface area (Å²) in [6.45, 7) is 6.65. The Kier molecular flexibility index (Phi) is 8.33. The van der Waals surface area contributed by atoms with E-state index in [1.807, 2.05) is 11.0 Å². The number of anilines is 2. The number of nitrogens with zero attached hydrogens (tertiary/aromatic N) is 6. The van der Waals surface area contributed by atoms with Gasteiger partial charge in [-0.05, 0) is 50.1 Å². The third-order valence-electron chi connectivity index (χ3n) is 10.0. The second kappa shape index (κ2) is 12.3. The Morgan fingerprint density at radius 3 is 2.72 bits per heavy atom. The molecule has 0 unspecified atom stereocenters. The van der Waals surface area contributed by atoms with Crippen LogP contribution in [0.5, 0.6) is 6.01 Å². The first kappa shape index (κ1) is 33.9. The number of fused-ring (bicyclic) bond motifs is 3. The molecule has 2 N–H and O–H groups in total. The van der Waals surface area contributed by atoms with Crippen LogP contribution in [0.1, 0.15) is 37.3 Å². The quantitative estimate of drug-likeness (QED) is 0.180. The summed E-state index contributed by atoms with van der Waals surface area (Å²) >= 11 is 0.674. The molecular weight excluding hydrogens is 684 g/mol. The van der Waals surface area contributed by atoms with Gasteiger partial charge in [0.2, 0.25) is 5.91 Å². The van der Waals surface area contributed by atoms with Gasteiger partial charge in [0.05, 0.1) is 21.4 Å². The lowest BCUT2D eigenvalue weighted by Crippen LogP contribution is -2.54. The molecule has 262 valence electrons. The Morgan fingerprint density at radius 2 is 2.02 bits per heavy atom. The highest BCUT2D eigenvalue weighted by Gasteiger charge is 2.49. The number of rotatable bonds is 6. The van der Waals surface area contributed by atoms with Crippen molar-refractivity contribution < 1.29 is 35.9 Å². The first-order valence-corrected chi connectivity index (χ1v) is 16.8. The fourth-order valence-electron chi connectivity index (χ4n) is 7.73. The summed E-state index contributed by atoms with van der Waals surface area (Å²) in [7, 11) is 0. The predicted octanol–water partition coefficient (Wildman–Crippen LogP) is 6.44. The molecule has 9 nitrogen and oxygen atoms in total. The average molecular weight is 716 g/mol. The number of carbonyl (C=O) groups is 1. The van der Waals surface area contributed by atoms with Crippen LogP contribution in [-0.4, -0.2) is 82.8 Å². The van der Waals surface area contributed by atoms with Crippen molar-refractivity contribution in [2.24, 2.45) is 0 Å². The Balaban J connectivity index is 1.44. The van der Waals surface area contributed by atoms with Gasteiger partial charge in [-0.25, -0.2) is 13.2 Å². The molecule has 4 aromatic rings. The van der Waals surface area contributed by atoms with Crippen LogP contribution in [0, 0.1) is 23.0 Å². The van der Waals surface area contributed by atoms with Gasteiger partial charge in [0.15, 0.2) is 5.82 Å². The number of nitriles is 1. The van der Waals surface area contributed by atoms with Crippen molar-refractivity contribution in [3.05, 3.63) is 53.6 Å². The van der Waals surface area contributed by atoms with E-state index in [0.29, 0.717) is 24.3 Å². The fraction of sp³-hybridized carbons (Fsp3) is 0.412. The summed E-state index contributed by atoms with van der Waals surface area (Å²) < 4.78 is 97.2. The van der Waals surface area contributed by atoms with Crippen LogP contribution < -0.4 is 15.4 Å². The number of nitrogens with two attached hydrogens (primary N) is 1. The summed E-state index contributed by atoms with van der Waals surface area (Å²) in [5.74, 6) is -2.58. The van der Waals surface area contributed by atoms with Crippen molar-refractivity contribution in [1.29, 1.82) is 5.26 Å². The summed E-state index contributed by atoms with van der Waals surface area (Å²) in [5.41, 5.74) is 1.83. The molecule has 3 aliphatic rings. The monoisotopic (exact) mass is 715 g/mol. The zero-order valence-corrected chi connectivity index (χ0v) is 27.6. The molecule has 7 rings (SSSR count). The number of hydrogen-bond donors (Lipinski definition) is 1. The highest BCUT2D eigenvalue weighted by molar-refractivity contribution is 7.23. The third kappa shape index (κ3) is 5.47. The van der Waals surface area contributed by atoms with Gasteiger partial charge in [0.25, 0.3) is 0 Å². The molecule has 2 aromatic heterocycles. The van der Waals surface area contributed by atoms with Crippen LogP contribution in [0.3, 0.4) is 0 Å². The van der Waals surface area contributed by atoms with Gasteiger partial charge in [0, 0.05) is 55.0 Å². The SMILES string of the molecule is C=CC(=O)N1CCN(c2nc(OC[C@@]34CCCN3C[C@H](F)C4)nc3c(F)c(-c4ccc(F)c5sc(N)c(C#N)c45)c(C(F)(F)F)cc23)C[C@@H]1C. The number of amides is 1. The maximum Gasteiger partial charge on any atom is 0.417 e. The molecule has 3 fully saturated rings. The molecule has 0 radical (unpaired) electrons. The van der Waals surface area contributed by atoms with Crippen LogP contribution >= 0.6 is 11.3 Å². The smallest absolute Gasteiger partial charge is 0.417 e. The second-order valence-electron chi connectivity index (χ2n) is 13.0. The van der Waals surface area contributed by atoms with E-state index in [1.54, 1.807) is 16.7 Å². The van der Waals surface area contributed by atoms with E-state index in [4.69, 9.17) is 10.5 Å². The van der Waals surface area contributed by atoms with Gasteiger partial charge in [-0.15, -0.1) is 11.3 Å². The molecule has 5 heterocycles. The normalized spacial score (nSPS) is 22.7. The van der Waals surface area contributed by atoms with Crippen LogP contribution in [0.2, 0.25) is 0 Å². The minimum atomic E-state index is -5.12. The largest absolute Gasteiger partial charge is 0.461 e. The number of ether oxygens (including phenoxy) is 1. The molecule has 0 saturated carbocycles. The van der Waals surface area contributed by atoms with E-state index in [1.165, 1.54) is 6.08 Å². The number of aromatic nitrogens is 2. The molecule has 0 aliphatic carbocycles. The topological polar surface area (TPSA) is 112 Å². The summed E-state index contributed by atoms with van der Waals surface area (Å²) in [5, 5.41) is 9.17. The fourth-order valence-corrected chi connectivity index (χ4v) is 8.68. The highest BCUT2D eigenvalue weighted by atomic mass is 32.1.